The number of nitrogens with two attached hydrogens (primary N) is 1. The highest BCUT2D eigenvalue weighted by Crippen LogP contribution is 2.32. The van der Waals surface area contributed by atoms with Crippen molar-refractivity contribution in [3.8, 4) is 11.3 Å². The number of hydrogen-bond acceptors (Lipinski definition) is 3. The molecule has 0 radical (unpaired) electrons. The van der Waals surface area contributed by atoms with Gasteiger partial charge in [0.1, 0.15) is 5.82 Å². The van der Waals surface area contributed by atoms with Crippen LogP contribution in [0.25, 0.3) is 11.3 Å². The average Bonchev–Trinajstić information content (AvgIpc) is 3.34. The second kappa shape index (κ2) is 10.4. The number of alkyl halides is 3. The third kappa shape index (κ3) is 5.86. The molecule has 2 aromatic carbocycles. The van der Waals surface area contributed by atoms with Crippen molar-refractivity contribution in [1.82, 2.24) is 15.3 Å². The zero-order valence-corrected chi connectivity index (χ0v) is 18.8. The molecule has 0 bridgehead atoms. The number of nitrogens with one attached hydrogen (secondary N) is 2. The van der Waals surface area contributed by atoms with Crippen molar-refractivity contribution in [3.05, 3.63) is 77.7 Å². The van der Waals surface area contributed by atoms with Gasteiger partial charge < -0.3 is 16.0 Å². The van der Waals surface area contributed by atoms with E-state index in [2.05, 4.69) is 15.3 Å². The highest BCUT2D eigenvalue weighted by molar-refractivity contribution is 5.79. The van der Waals surface area contributed by atoms with Crippen LogP contribution in [-0.2, 0) is 17.4 Å². The summed E-state index contributed by atoms with van der Waals surface area (Å²) in [5.74, 6) is 0.740. The highest BCUT2D eigenvalue weighted by Gasteiger charge is 2.31. The molecule has 180 valence electrons. The van der Waals surface area contributed by atoms with Crippen LogP contribution in [0.2, 0.25) is 0 Å². The second-order valence-electron chi connectivity index (χ2n) is 8.95. The number of amides is 1. The summed E-state index contributed by atoms with van der Waals surface area (Å²) in [5.41, 5.74) is 7.16. The smallest absolute Gasteiger partial charge is 0.346 e. The SMILES string of the molecule is NC[C@H]1CC[C@H](C(=O)N[C@@H](Cc2cccc(C(F)(F)F)c2)c2nc(-c3ccccc3)c[nH]2)CC1. The summed E-state index contributed by atoms with van der Waals surface area (Å²) in [6, 6.07) is 14.2. The molecule has 4 rings (SSSR count). The van der Waals surface area contributed by atoms with Crippen LogP contribution in [0, 0.1) is 11.8 Å². The molecule has 3 aromatic rings. The Morgan fingerprint density at radius 1 is 1.09 bits per heavy atom. The molecule has 1 amide bonds. The lowest BCUT2D eigenvalue weighted by molar-refractivity contribution is -0.137. The van der Waals surface area contributed by atoms with E-state index in [0.717, 1.165) is 43.4 Å². The summed E-state index contributed by atoms with van der Waals surface area (Å²) in [5, 5.41) is 3.06. The van der Waals surface area contributed by atoms with E-state index in [1.54, 1.807) is 12.3 Å². The first-order valence-electron chi connectivity index (χ1n) is 11.6. The standard InChI is InChI=1S/C26H29F3N4O/c27-26(28,29)21-8-4-5-18(13-21)14-22(33-25(34)20-11-9-17(15-30)10-12-20)24-31-16-23(32-24)19-6-2-1-3-7-19/h1-8,13,16-17,20,22H,9-12,14-15,30H2,(H,31,32)(H,33,34)/t17-,20-,22-/m0/s1. The molecule has 1 fully saturated rings. The fourth-order valence-corrected chi connectivity index (χ4v) is 4.55. The molecule has 0 spiro atoms. The van der Waals surface area contributed by atoms with E-state index in [1.807, 2.05) is 30.3 Å². The van der Waals surface area contributed by atoms with Crippen LogP contribution < -0.4 is 11.1 Å². The molecule has 0 unspecified atom stereocenters. The van der Waals surface area contributed by atoms with Crippen molar-refractivity contribution < 1.29 is 18.0 Å². The number of halogens is 3. The first kappa shape index (κ1) is 24.0. The molecule has 5 nitrogen and oxygen atoms in total. The van der Waals surface area contributed by atoms with Crippen molar-refractivity contribution in [1.29, 1.82) is 0 Å². The summed E-state index contributed by atoms with van der Waals surface area (Å²) in [6.45, 7) is 0.626. The molecule has 1 heterocycles. The van der Waals surface area contributed by atoms with E-state index in [1.165, 1.54) is 6.07 Å². The first-order chi connectivity index (χ1) is 16.3. The number of imidazole rings is 1. The number of carbonyl (C=O) groups is 1. The predicted octanol–water partition coefficient (Wildman–Crippen LogP) is 5.26. The molecule has 1 atom stereocenters. The van der Waals surface area contributed by atoms with Gasteiger partial charge in [-0.15, -0.1) is 0 Å². The fourth-order valence-electron chi connectivity index (χ4n) is 4.55. The maximum Gasteiger partial charge on any atom is 0.416 e. The number of benzene rings is 2. The van der Waals surface area contributed by atoms with Gasteiger partial charge in [0.05, 0.1) is 17.3 Å². The fraction of sp³-hybridized carbons (Fsp3) is 0.385. The Kier molecular flexibility index (Phi) is 7.36. The normalized spacial score (nSPS) is 19.5. The Bertz CT molecular complexity index is 1090. The van der Waals surface area contributed by atoms with Crippen molar-refractivity contribution in [2.75, 3.05) is 6.54 Å². The number of carbonyl (C=O) groups excluding carboxylic acids is 1. The molecule has 1 aromatic heterocycles. The van der Waals surface area contributed by atoms with E-state index in [9.17, 15) is 18.0 Å². The van der Waals surface area contributed by atoms with Crippen LogP contribution in [-0.4, -0.2) is 22.4 Å². The van der Waals surface area contributed by atoms with E-state index in [-0.39, 0.29) is 18.2 Å². The first-order valence-corrected chi connectivity index (χ1v) is 11.6. The Hall–Kier alpha value is -3.13. The lowest BCUT2D eigenvalue weighted by Gasteiger charge is -2.28. The molecule has 1 aliphatic carbocycles. The van der Waals surface area contributed by atoms with Crippen LogP contribution >= 0.6 is 0 Å². The van der Waals surface area contributed by atoms with Crippen molar-refractivity contribution >= 4 is 5.91 Å². The molecular weight excluding hydrogens is 441 g/mol. The molecule has 8 heteroatoms. The van der Waals surface area contributed by atoms with Gasteiger partial charge in [-0.3, -0.25) is 4.79 Å². The molecule has 4 N–H and O–H groups in total. The maximum absolute atomic E-state index is 13.2. The minimum Gasteiger partial charge on any atom is -0.346 e. The monoisotopic (exact) mass is 470 g/mol. The third-order valence-corrected chi connectivity index (χ3v) is 6.56. The average molecular weight is 471 g/mol. The highest BCUT2D eigenvalue weighted by atomic mass is 19.4. The van der Waals surface area contributed by atoms with Crippen LogP contribution in [0.4, 0.5) is 13.2 Å². The number of nitrogens with zero attached hydrogens (tertiary/aromatic N) is 1. The van der Waals surface area contributed by atoms with E-state index < -0.39 is 17.8 Å². The lowest BCUT2D eigenvalue weighted by Crippen LogP contribution is -2.37. The minimum atomic E-state index is -4.43. The zero-order chi connectivity index (χ0) is 24.1. The quantitative estimate of drug-likeness (QED) is 0.440. The molecule has 0 aliphatic heterocycles. The number of H-pyrrole nitrogens is 1. The van der Waals surface area contributed by atoms with Gasteiger partial charge in [-0.2, -0.15) is 13.2 Å². The molecule has 0 saturated heterocycles. The number of aromatic amines is 1. The topological polar surface area (TPSA) is 83.8 Å². The van der Waals surface area contributed by atoms with E-state index in [0.29, 0.717) is 29.5 Å². The van der Waals surface area contributed by atoms with Gasteiger partial charge in [0.2, 0.25) is 5.91 Å². The van der Waals surface area contributed by atoms with Crippen LogP contribution in [0.5, 0.6) is 0 Å². The van der Waals surface area contributed by atoms with Crippen LogP contribution in [0.1, 0.15) is 48.7 Å². The molecule has 1 saturated carbocycles. The van der Waals surface area contributed by atoms with Gasteiger partial charge in [-0.1, -0.05) is 48.5 Å². The minimum absolute atomic E-state index is 0.0925. The lowest BCUT2D eigenvalue weighted by atomic mass is 9.81. The molecule has 1 aliphatic rings. The summed E-state index contributed by atoms with van der Waals surface area (Å²) >= 11 is 0. The van der Waals surface area contributed by atoms with Gasteiger partial charge in [0, 0.05) is 17.7 Å². The van der Waals surface area contributed by atoms with Crippen molar-refractivity contribution in [2.24, 2.45) is 17.6 Å². The second-order valence-corrected chi connectivity index (χ2v) is 8.95. The molecule has 34 heavy (non-hydrogen) atoms. The van der Waals surface area contributed by atoms with Gasteiger partial charge in [0.25, 0.3) is 0 Å². The van der Waals surface area contributed by atoms with Gasteiger partial charge in [0.15, 0.2) is 0 Å². The number of rotatable bonds is 7. The Morgan fingerprint density at radius 2 is 1.82 bits per heavy atom. The number of hydrogen-bond donors (Lipinski definition) is 3. The third-order valence-electron chi connectivity index (χ3n) is 6.56. The summed E-state index contributed by atoms with van der Waals surface area (Å²) < 4.78 is 39.7. The Labute approximate surface area is 197 Å². The largest absolute Gasteiger partial charge is 0.416 e. The zero-order valence-electron chi connectivity index (χ0n) is 18.8. The summed E-state index contributed by atoms with van der Waals surface area (Å²) in [4.78, 5) is 20.9. The Balaban J connectivity index is 1.57. The summed E-state index contributed by atoms with van der Waals surface area (Å²) in [6.07, 6.45) is 0.853. The van der Waals surface area contributed by atoms with E-state index in [4.69, 9.17) is 5.73 Å². The molecular formula is C26H29F3N4O. The summed E-state index contributed by atoms with van der Waals surface area (Å²) in [7, 11) is 0. The van der Waals surface area contributed by atoms with Gasteiger partial charge >= 0.3 is 6.18 Å². The van der Waals surface area contributed by atoms with Crippen molar-refractivity contribution in [3.63, 3.8) is 0 Å². The van der Waals surface area contributed by atoms with Gasteiger partial charge in [-0.05, 0) is 56.2 Å². The van der Waals surface area contributed by atoms with Crippen LogP contribution in [0.15, 0.2) is 60.8 Å². The number of aromatic nitrogens is 2. The Morgan fingerprint density at radius 3 is 2.50 bits per heavy atom. The maximum atomic E-state index is 13.2. The van der Waals surface area contributed by atoms with Crippen molar-refractivity contribution in [2.45, 2.75) is 44.3 Å². The predicted molar refractivity (Wildman–Crippen MR) is 125 cm³/mol. The van der Waals surface area contributed by atoms with Gasteiger partial charge in [-0.25, -0.2) is 4.98 Å². The van der Waals surface area contributed by atoms with E-state index >= 15 is 0 Å². The van der Waals surface area contributed by atoms with Crippen LogP contribution in [0.3, 0.4) is 0 Å².